The smallest absolute Gasteiger partial charge is 0.238 e. The van der Waals surface area contributed by atoms with E-state index in [1.54, 1.807) is 0 Å². The minimum atomic E-state index is -1.89. The monoisotopic (exact) mass is 626 g/mol. The average molecular weight is 627 g/mol. The van der Waals surface area contributed by atoms with Crippen molar-refractivity contribution in [3.8, 4) is 40.1 Å². The maximum Gasteiger partial charge on any atom is 0.238 e. The Morgan fingerprint density at radius 3 is 2.05 bits per heavy atom. The van der Waals surface area contributed by atoms with Crippen LogP contribution in [-0.4, -0.2) is 131 Å². The fourth-order valence-electron chi connectivity index (χ4n) is 5.01. The molecular formula is C27H30O17. The molecular weight excluding hydrogens is 596 g/mol. The van der Waals surface area contributed by atoms with Crippen molar-refractivity contribution in [3.63, 3.8) is 0 Å². The standard InChI is InChI=1S/C27H30O17/c28-6-14-17(33)19(35)22(38)27(42-14)44-25-15(7-29)43-26(23(39)21(25)37)41-12-2-1-8(3-10(12)31)24-20(36)18(34)16-11(32)4-9(30)5-13(16)40-24/h1-5,14-15,17,19,21-23,25-33,35-39H,6-7H2/t14?,15?,17-,19?,21?,22?,23?,25+,26+,27-/m0/s1. The van der Waals surface area contributed by atoms with Crippen LogP contribution in [0.5, 0.6) is 28.7 Å². The van der Waals surface area contributed by atoms with E-state index in [-0.39, 0.29) is 22.3 Å². The van der Waals surface area contributed by atoms with E-state index in [2.05, 4.69) is 0 Å². The van der Waals surface area contributed by atoms with Gasteiger partial charge >= 0.3 is 0 Å². The molecule has 6 unspecified atom stereocenters. The third kappa shape index (κ3) is 5.61. The molecule has 10 atom stereocenters. The summed E-state index contributed by atoms with van der Waals surface area (Å²) in [7, 11) is 0. The van der Waals surface area contributed by atoms with Crippen LogP contribution in [0.25, 0.3) is 22.3 Å². The molecule has 0 spiro atoms. The predicted octanol–water partition coefficient (Wildman–Crippen LogP) is -2.71. The summed E-state index contributed by atoms with van der Waals surface area (Å²) in [5.74, 6) is -3.32. The van der Waals surface area contributed by atoms with Crippen LogP contribution in [0.15, 0.2) is 39.5 Å². The Hall–Kier alpha value is -3.75. The molecule has 3 heterocycles. The number of fused-ring (bicyclic) bond motifs is 1. The van der Waals surface area contributed by atoms with Crippen LogP contribution in [0, 0.1) is 0 Å². The topological polar surface area (TPSA) is 290 Å². The van der Waals surface area contributed by atoms with Gasteiger partial charge < -0.3 is 79.5 Å². The molecule has 0 amide bonds. The maximum atomic E-state index is 12.6. The zero-order valence-corrected chi connectivity index (χ0v) is 22.4. The van der Waals surface area contributed by atoms with Crippen molar-refractivity contribution in [3.05, 3.63) is 40.6 Å². The van der Waals surface area contributed by atoms with Crippen LogP contribution in [0.4, 0.5) is 0 Å². The van der Waals surface area contributed by atoms with Crippen LogP contribution in [0.1, 0.15) is 0 Å². The zero-order valence-electron chi connectivity index (χ0n) is 22.4. The first-order chi connectivity index (χ1) is 20.9. The molecule has 0 radical (unpaired) electrons. The molecule has 240 valence electrons. The summed E-state index contributed by atoms with van der Waals surface area (Å²) in [6.07, 6.45) is -16.8. The molecule has 17 heteroatoms. The number of ether oxygens (including phenoxy) is 4. The molecule has 1 aromatic heterocycles. The van der Waals surface area contributed by atoms with E-state index in [9.17, 15) is 61.0 Å². The van der Waals surface area contributed by atoms with Crippen molar-refractivity contribution in [2.75, 3.05) is 13.2 Å². The molecule has 2 saturated heterocycles. The van der Waals surface area contributed by atoms with Crippen LogP contribution in [0.3, 0.4) is 0 Å². The first-order valence-corrected chi connectivity index (χ1v) is 13.2. The second kappa shape index (κ2) is 12.3. The first-order valence-electron chi connectivity index (χ1n) is 13.2. The number of hydrogen-bond donors (Lipinski definition) is 11. The van der Waals surface area contributed by atoms with Crippen molar-refractivity contribution in [1.29, 1.82) is 0 Å². The lowest BCUT2D eigenvalue weighted by molar-refractivity contribution is -0.352. The van der Waals surface area contributed by atoms with Crippen molar-refractivity contribution in [1.82, 2.24) is 0 Å². The zero-order chi connectivity index (χ0) is 32.0. The SMILES string of the molecule is O=c1c(O)c(-c2ccc(O[C@@H]3OC(CO)[C@@H](O[C@@H]4OC(CO)[C@H](O)C(O)C4O)C(O)C3O)c(O)c2)oc2cc(O)cc(O)c12. The molecule has 2 aliphatic heterocycles. The van der Waals surface area contributed by atoms with E-state index in [1.807, 2.05) is 0 Å². The van der Waals surface area contributed by atoms with Gasteiger partial charge in [-0.3, -0.25) is 4.79 Å². The van der Waals surface area contributed by atoms with Gasteiger partial charge in [0.25, 0.3) is 0 Å². The summed E-state index contributed by atoms with van der Waals surface area (Å²) in [5.41, 5.74) is -1.31. The van der Waals surface area contributed by atoms with Crippen LogP contribution < -0.4 is 10.2 Å². The Labute approximate surface area is 246 Å². The Morgan fingerprint density at radius 2 is 1.39 bits per heavy atom. The molecule has 2 fully saturated rings. The fourth-order valence-corrected chi connectivity index (χ4v) is 5.01. The van der Waals surface area contributed by atoms with E-state index < -0.39 is 109 Å². The minimum absolute atomic E-state index is 0.0412. The van der Waals surface area contributed by atoms with E-state index in [0.717, 1.165) is 24.3 Å². The molecule has 3 aromatic rings. The lowest BCUT2D eigenvalue weighted by Gasteiger charge is -2.45. The van der Waals surface area contributed by atoms with Gasteiger partial charge in [-0.05, 0) is 18.2 Å². The lowest BCUT2D eigenvalue weighted by Crippen LogP contribution is -2.65. The number of phenolic OH excluding ortho intramolecular Hbond substituents is 3. The quantitative estimate of drug-likeness (QED) is 0.127. The maximum absolute atomic E-state index is 12.6. The first kappa shape index (κ1) is 31.7. The van der Waals surface area contributed by atoms with Gasteiger partial charge in [-0.1, -0.05) is 0 Å². The summed E-state index contributed by atoms with van der Waals surface area (Å²) < 4.78 is 27.3. The molecule has 17 nitrogen and oxygen atoms in total. The minimum Gasteiger partial charge on any atom is -0.508 e. The molecule has 2 aliphatic rings. The van der Waals surface area contributed by atoms with Crippen molar-refractivity contribution in [2.24, 2.45) is 0 Å². The Kier molecular flexibility index (Phi) is 8.87. The summed E-state index contributed by atoms with van der Waals surface area (Å²) in [6.45, 7) is -1.57. The van der Waals surface area contributed by atoms with Gasteiger partial charge in [-0.2, -0.15) is 0 Å². The molecule has 44 heavy (non-hydrogen) atoms. The molecule has 0 saturated carbocycles. The summed E-state index contributed by atoms with van der Waals surface area (Å²) in [4.78, 5) is 12.6. The molecule has 2 aromatic carbocycles. The van der Waals surface area contributed by atoms with Crippen molar-refractivity contribution >= 4 is 11.0 Å². The summed E-state index contributed by atoms with van der Waals surface area (Å²) >= 11 is 0. The van der Waals surface area contributed by atoms with Gasteiger partial charge in [-0.25, -0.2) is 0 Å². The molecule has 5 rings (SSSR count). The van der Waals surface area contributed by atoms with Crippen LogP contribution >= 0.6 is 0 Å². The predicted molar refractivity (Wildman–Crippen MR) is 142 cm³/mol. The van der Waals surface area contributed by atoms with Gasteiger partial charge in [0.05, 0.1) is 13.2 Å². The third-order valence-electron chi connectivity index (χ3n) is 7.36. The normalized spacial score (nSPS) is 32.5. The Morgan fingerprint density at radius 1 is 0.727 bits per heavy atom. The van der Waals surface area contributed by atoms with Gasteiger partial charge in [0.15, 0.2) is 23.5 Å². The van der Waals surface area contributed by atoms with Crippen molar-refractivity contribution < 1.29 is 79.5 Å². The Balaban J connectivity index is 1.35. The van der Waals surface area contributed by atoms with Gasteiger partial charge in [0.2, 0.25) is 17.5 Å². The van der Waals surface area contributed by atoms with Gasteiger partial charge in [-0.15, -0.1) is 0 Å². The Bertz CT molecular complexity index is 1550. The molecule has 0 bridgehead atoms. The second-order valence-electron chi connectivity index (χ2n) is 10.3. The van der Waals surface area contributed by atoms with E-state index in [1.165, 1.54) is 6.07 Å². The lowest BCUT2D eigenvalue weighted by atomic mass is 9.97. The van der Waals surface area contributed by atoms with Crippen molar-refractivity contribution in [2.45, 2.75) is 61.4 Å². The number of hydrogen-bond acceptors (Lipinski definition) is 17. The number of aromatic hydroxyl groups is 4. The third-order valence-corrected chi connectivity index (χ3v) is 7.36. The average Bonchev–Trinajstić information content (AvgIpc) is 2.99. The highest BCUT2D eigenvalue weighted by Crippen LogP contribution is 2.39. The number of rotatable bonds is 7. The summed E-state index contributed by atoms with van der Waals surface area (Å²) in [5, 5.41) is 111. The molecule has 11 N–H and O–H groups in total. The highest BCUT2D eigenvalue weighted by molar-refractivity contribution is 5.88. The van der Waals surface area contributed by atoms with E-state index in [0.29, 0.717) is 0 Å². The van der Waals surface area contributed by atoms with E-state index >= 15 is 0 Å². The highest BCUT2D eigenvalue weighted by atomic mass is 16.7. The van der Waals surface area contributed by atoms with E-state index in [4.69, 9.17) is 23.4 Å². The number of phenols is 3. The largest absolute Gasteiger partial charge is 0.508 e. The van der Waals surface area contributed by atoms with Crippen LogP contribution in [-0.2, 0) is 14.2 Å². The molecule has 0 aliphatic carbocycles. The number of aliphatic hydroxyl groups excluding tert-OH is 7. The number of aliphatic hydroxyl groups is 7. The second-order valence-corrected chi connectivity index (χ2v) is 10.3. The van der Waals surface area contributed by atoms with Crippen LogP contribution in [0.2, 0.25) is 0 Å². The fraction of sp³-hybridized carbons (Fsp3) is 0.444. The highest BCUT2D eigenvalue weighted by Gasteiger charge is 2.51. The number of benzene rings is 2. The van der Waals surface area contributed by atoms with Gasteiger partial charge in [0, 0.05) is 17.7 Å². The summed E-state index contributed by atoms with van der Waals surface area (Å²) in [6, 6.07) is 5.32. The van der Waals surface area contributed by atoms with Gasteiger partial charge in [0.1, 0.15) is 71.3 Å².